The second-order valence-corrected chi connectivity index (χ2v) is 7.29. The van der Waals surface area contributed by atoms with E-state index in [4.69, 9.17) is 4.74 Å². The molecule has 1 aliphatic carbocycles. The molecule has 1 fully saturated rings. The number of benzene rings is 1. The number of carbonyl (C=O) groups is 1. The van der Waals surface area contributed by atoms with Crippen LogP contribution in [0.3, 0.4) is 0 Å². The number of hydrogen-bond acceptors (Lipinski definition) is 3. The Morgan fingerprint density at radius 1 is 1.42 bits per heavy atom. The van der Waals surface area contributed by atoms with Crippen LogP contribution in [0.1, 0.15) is 63.5 Å². The van der Waals surface area contributed by atoms with Crippen LogP contribution in [0.5, 0.6) is 5.75 Å². The number of aldehydes is 1. The van der Waals surface area contributed by atoms with Gasteiger partial charge in [-0.15, -0.1) is 0 Å². The quantitative estimate of drug-likeness (QED) is 0.674. The number of rotatable bonds is 7. The Morgan fingerprint density at radius 3 is 2.67 bits per heavy atom. The van der Waals surface area contributed by atoms with Gasteiger partial charge in [0.1, 0.15) is 12.0 Å². The maximum Gasteiger partial charge on any atom is 0.123 e. The lowest BCUT2D eigenvalue weighted by molar-refractivity contribution is -0.112. The molecular weight excluding hydrogens is 298 g/mol. The van der Waals surface area contributed by atoms with E-state index in [-0.39, 0.29) is 5.92 Å². The van der Waals surface area contributed by atoms with Gasteiger partial charge in [-0.05, 0) is 55.2 Å². The summed E-state index contributed by atoms with van der Waals surface area (Å²) in [6, 6.07) is 8.79. The highest BCUT2D eigenvalue weighted by molar-refractivity contribution is 5.54. The maximum absolute atomic E-state index is 11.0. The van der Waals surface area contributed by atoms with Gasteiger partial charge >= 0.3 is 0 Å². The molecule has 0 spiro atoms. The Balaban J connectivity index is 2.29. The number of methoxy groups -OCH3 is 1. The molecule has 0 heterocycles. The molecule has 0 aromatic heterocycles. The second-order valence-electron chi connectivity index (χ2n) is 7.29. The van der Waals surface area contributed by atoms with Crippen LogP contribution in [-0.2, 0) is 16.6 Å². The normalized spacial score (nSPS) is 24.8. The van der Waals surface area contributed by atoms with Gasteiger partial charge in [0.25, 0.3) is 0 Å². The van der Waals surface area contributed by atoms with Gasteiger partial charge in [0.15, 0.2) is 0 Å². The van der Waals surface area contributed by atoms with Gasteiger partial charge in [0, 0.05) is 5.92 Å². The van der Waals surface area contributed by atoms with E-state index in [9.17, 15) is 10.1 Å². The third-order valence-electron chi connectivity index (χ3n) is 5.47. The van der Waals surface area contributed by atoms with E-state index in [1.165, 1.54) is 18.4 Å². The Morgan fingerprint density at radius 2 is 2.12 bits per heavy atom. The number of ether oxygens (including phenoxy) is 1. The zero-order chi connectivity index (χ0) is 17.6. The maximum atomic E-state index is 11.0. The summed E-state index contributed by atoms with van der Waals surface area (Å²) in [7, 11) is 1.71. The van der Waals surface area contributed by atoms with Crippen LogP contribution in [0.25, 0.3) is 0 Å². The van der Waals surface area contributed by atoms with E-state index in [2.05, 4.69) is 26.0 Å². The zero-order valence-corrected chi connectivity index (χ0v) is 15.2. The summed E-state index contributed by atoms with van der Waals surface area (Å²) in [6.45, 7) is 4.48. The van der Waals surface area contributed by atoms with Gasteiger partial charge in [-0.3, -0.25) is 0 Å². The van der Waals surface area contributed by atoms with E-state index in [0.717, 1.165) is 49.7 Å². The summed E-state index contributed by atoms with van der Waals surface area (Å²) in [6.07, 6.45) is 7.55. The summed E-state index contributed by atoms with van der Waals surface area (Å²) in [5.41, 5.74) is 1.84. The molecule has 0 saturated heterocycles. The van der Waals surface area contributed by atoms with Crippen molar-refractivity contribution in [2.75, 3.05) is 7.11 Å². The smallest absolute Gasteiger partial charge is 0.123 e. The minimum absolute atomic E-state index is 0.119. The third-order valence-corrected chi connectivity index (χ3v) is 5.47. The largest absolute Gasteiger partial charge is 0.496 e. The summed E-state index contributed by atoms with van der Waals surface area (Å²) < 4.78 is 5.54. The molecule has 2 rings (SSSR count). The average molecular weight is 327 g/mol. The lowest BCUT2D eigenvalue weighted by Gasteiger charge is -2.34. The highest BCUT2D eigenvalue weighted by Gasteiger charge is 2.37. The topological polar surface area (TPSA) is 50.1 Å². The first-order valence-electron chi connectivity index (χ1n) is 9.12. The van der Waals surface area contributed by atoms with Crippen molar-refractivity contribution in [3.63, 3.8) is 0 Å². The van der Waals surface area contributed by atoms with Gasteiger partial charge in [-0.2, -0.15) is 5.26 Å². The molecule has 1 aromatic carbocycles. The van der Waals surface area contributed by atoms with E-state index in [1.807, 2.05) is 12.1 Å². The Hall–Kier alpha value is -1.82. The lowest BCUT2D eigenvalue weighted by Crippen LogP contribution is -2.31. The Labute approximate surface area is 146 Å². The van der Waals surface area contributed by atoms with Crippen molar-refractivity contribution in [2.24, 2.45) is 11.8 Å². The van der Waals surface area contributed by atoms with Crippen LogP contribution in [-0.4, -0.2) is 13.4 Å². The molecule has 1 aliphatic rings. The van der Waals surface area contributed by atoms with Crippen molar-refractivity contribution in [1.82, 2.24) is 0 Å². The molecule has 0 amide bonds. The predicted molar refractivity (Wildman–Crippen MR) is 96.1 cm³/mol. The van der Waals surface area contributed by atoms with Crippen molar-refractivity contribution in [1.29, 1.82) is 5.26 Å². The van der Waals surface area contributed by atoms with Crippen LogP contribution in [0.15, 0.2) is 18.2 Å². The van der Waals surface area contributed by atoms with Crippen LogP contribution in [0.4, 0.5) is 0 Å². The highest BCUT2D eigenvalue weighted by atomic mass is 16.5. The fourth-order valence-electron chi connectivity index (χ4n) is 3.94. The number of carbonyl (C=O) groups excluding carboxylic acids is 1. The van der Waals surface area contributed by atoms with E-state index < -0.39 is 5.41 Å². The number of nitriles is 1. The fourth-order valence-corrected chi connectivity index (χ4v) is 3.94. The third kappa shape index (κ3) is 3.98. The molecule has 0 N–H and O–H groups in total. The summed E-state index contributed by atoms with van der Waals surface area (Å²) >= 11 is 0. The van der Waals surface area contributed by atoms with E-state index >= 15 is 0 Å². The Kier molecular flexibility index (Phi) is 6.43. The molecule has 3 nitrogen and oxygen atoms in total. The zero-order valence-electron chi connectivity index (χ0n) is 15.2. The van der Waals surface area contributed by atoms with Crippen LogP contribution < -0.4 is 4.74 Å². The van der Waals surface area contributed by atoms with Gasteiger partial charge in [0.05, 0.1) is 18.6 Å². The first-order valence-corrected chi connectivity index (χ1v) is 9.12. The molecule has 0 aliphatic heterocycles. The van der Waals surface area contributed by atoms with E-state index in [0.29, 0.717) is 5.92 Å². The lowest BCUT2D eigenvalue weighted by atomic mass is 9.67. The van der Waals surface area contributed by atoms with Gasteiger partial charge < -0.3 is 9.53 Å². The molecule has 1 atom stereocenters. The number of hydrogen-bond donors (Lipinski definition) is 0. The SMILES string of the molecule is CCCC(C)Cc1cc(C2(C#N)CCC(C=O)CC2)ccc1OC. The van der Waals surface area contributed by atoms with E-state index in [1.54, 1.807) is 7.11 Å². The first-order chi connectivity index (χ1) is 11.6. The average Bonchev–Trinajstić information content (AvgIpc) is 2.62. The Bertz CT molecular complexity index is 594. The summed E-state index contributed by atoms with van der Waals surface area (Å²) in [4.78, 5) is 11.0. The summed E-state index contributed by atoms with van der Waals surface area (Å²) in [5.74, 6) is 1.63. The fraction of sp³-hybridized carbons (Fsp3) is 0.619. The van der Waals surface area contributed by atoms with Crippen molar-refractivity contribution in [3.05, 3.63) is 29.3 Å². The van der Waals surface area contributed by atoms with Crippen LogP contribution in [0.2, 0.25) is 0 Å². The predicted octanol–water partition coefficient (Wildman–Crippen LogP) is 4.82. The minimum atomic E-state index is -0.450. The first kappa shape index (κ1) is 18.5. The van der Waals surface area contributed by atoms with Crippen LogP contribution >= 0.6 is 0 Å². The monoisotopic (exact) mass is 327 g/mol. The van der Waals surface area contributed by atoms with Crippen molar-refractivity contribution in [2.45, 2.75) is 64.2 Å². The molecule has 130 valence electrons. The molecule has 0 radical (unpaired) electrons. The van der Waals surface area contributed by atoms with Gasteiger partial charge in [-0.1, -0.05) is 38.8 Å². The minimum Gasteiger partial charge on any atom is -0.496 e. The van der Waals surface area contributed by atoms with Crippen molar-refractivity contribution in [3.8, 4) is 11.8 Å². The van der Waals surface area contributed by atoms with Gasteiger partial charge in [0.2, 0.25) is 0 Å². The molecule has 24 heavy (non-hydrogen) atoms. The van der Waals surface area contributed by atoms with Crippen molar-refractivity contribution < 1.29 is 9.53 Å². The second kappa shape index (κ2) is 8.33. The molecule has 1 aromatic rings. The number of nitrogens with zero attached hydrogens (tertiary/aromatic N) is 1. The molecular formula is C21H29NO2. The standard InChI is InChI=1S/C21H29NO2/c1-4-5-16(2)12-18-13-19(6-7-20(18)24-3)21(15-22)10-8-17(14-23)9-11-21/h6-7,13-14,16-17H,4-5,8-12H2,1-3H3. The molecule has 1 saturated carbocycles. The van der Waals surface area contributed by atoms with Crippen molar-refractivity contribution >= 4 is 6.29 Å². The highest BCUT2D eigenvalue weighted by Crippen LogP contribution is 2.42. The summed E-state index contributed by atoms with van der Waals surface area (Å²) in [5, 5.41) is 9.87. The van der Waals surface area contributed by atoms with Crippen LogP contribution in [0, 0.1) is 23.2 Å². The molecule has 3 heteroatoms. The molecule has 1 unspecified atom stereocenters. The van der Waals surface area contributed by atoms with Gasteiger partial charge in [-0.25, -0.2) is 0 Å². The molecule has 0 bridgehead atoms.